The molecule has 0 saturated carbocycles. The van der Waals surface area contributed by atoms with Crippen LogP contribution in [-0.2, 0) is 12.7 Å². The predicted molar refractivity (Wildman–Crippen MR) is 154 cm³/mol. The molecule has 41 heavy (non-hydrogen) atoms. The number of nitrogens with one attached hydrogen (secondary N) is 3. The van der Waals surface area contributed by atoms with Crippen molar-refractivity contribution in [3.05, 3.63) is 82.8 Å². The number of anilines is 4. The molecule has 216 valence electrons. The Hall–Kier alpha value is -4.45. The summed E-state index contributed by atoms with van der Waals surface area (Å²) in [5.74, 6) is 1.18. The van der Waals surface area contributed by atoms with E-state index in [9.17, 15) is 18.0 Å². The lowest BCUT2D eigenvalue weighted by atomic mass is 10.0. The number of rotatable bonds is 10. The molecule has 0 saturated heterocycles. The predicted octanol–water partition coefficient (Wildman–Crippen LogP) is 6.18. The number of aromatic nitrogens is 4. The van der Waals surface area contributed by atoms with Crippen LogP contribution < -0.4 is 16.0 Å². The third kappa shape index (κ3) is 7.20. The van der Waals surface area contributed by atoms with Crippen molar-refractivity contribution in [2.75, 3.05) is 36.1 Å². The van der Waals surface area contributed by atoms with Crippen molar-refractivity contribution >= 4 is 28.9 Å². The normalized spacial score (nSPS) is 11.5. The second-order valence-electron chi connectivity index (χ2n) is 9.58. The molecule has 12 heteroatoms. The van der Waals surface area contributed by atoms with Crippen molar-refractivity contribution in [3.63, 3.8) is 0 Å². The minimum absolute atomic E-state index is 0.0603. The zero-order valence-electron chi connectivity index (χ0n) is 23.6. The van der Waals surface area contributed by atoms with Gasteiger partial charge < -0.3 is 16.0 Å². The summed E-state index contributed by atoms with van der Waals surface area (Å²) in [6, 6.07) is 12.4. The maximum Gasteiger partial charge on any atom is 0.416 e. The molecule has 0 aliphatic rings. The summed E-state index contributed by atoms with van der Waals surface area (Å²) >= 11 is 0. The monoisotopic (exact) mass is 566 g/mol. The van der Waals surface area contributed by atoms with Gasteiger partial charge in [0.25, 0.3) is 5.91 Å². The molecule has 0 unspecified atom stereocenters. The van der Waals surface area contributed by atoms with Gasteiger partial charge in [0.2, 0.25) is 0 Å². The van der Waals surface area contributed by atoms with Crippen LogP contribution in [0.15, 0.2) is 54.9 Å². The van der Waals surface area contributed by atoms with Crippen molar-refractivity contribution in [1.82, 2.24) is 24.6 Å². The fraction of sp³-hybridized carbons (Fsp3) is 0.310. The van der Waals surface area contributed by atoms with Crippen LogP contribution in [0, 0.1) is 13.8 Å². The molecule has 2 aromatic carbocycles. The highest BCUT2D eigenvalue weighted by Gasteiger charge is 2.32. The van der Waals surface area contributed by atoms with E-state index in [0.717, 1.165) is 23.4 Å². The summed E-state index contributed by atoms with van der Waals surface area (Å²) in [6.07, 6.45) is -3.14. The van der Waals surface area contributed by atoms with Crippen molar-refractivity contribution in [1.29, 1.82) is 0 Å². The van der Waals surface area contributed by atoms with Crippen LogP contribution in [0.2, 0.25) is 0 Å². The van der Waals surface area contributed by atoms with Crippen LogP contribution in [0.25, 0.3) is 5.82 Å². The number of hydrogen-bond acceptors (Lipinski definition) is 7. The van der Waals surface area contributed by atoms with Crippen molar-refractivity contribution < 1.29 is 18.0 Å². The Morgan fingerprint density at radius 2 is 1.76 bits per heavy atom. The number of aryl methyl sites for hydroxylation is 2. The molecule has 9 nitrogen and oxygen atoms in total. The van der Waals surface area contributed by atoms with E-state index >= 15 is 0 Å². The highest BCUT2D eigenvalue weighted by molar-refractivity contribution is 6.04. The van der Waals surface area contributed by atoms with E-state index in [1.165, 1.54) is 12.4 Å². The van der Waals surface area contributed by atoms with Crippen LogP contribution in [0.1, 0.15) is 46.6 Å². The molecule has 0 radical (unpaired) electrons. The Balaban J connectivity index is 1.61. The fourth-order valence-corrected chi connectivity index (χ4v) is 4.32. The quantitative estimate of drug-likeness (QED) is 0.211. The van der Waals surface area contributed by atoms with Gasteiger partial charge in [-0.15, -0.1) is 0 Å². The fourth-order valence-electron chi connectivity index (χ4n) is 4.32. The largest absolute Gasteiger partial charge is 0.416 e. The molecule has 4 rings (SSSR count). The van der Waals surface area contributed by atoms with Gasteiger partial charge in [0.15, 0.2) is 5.82 Å². The minimum Gasteiger partial charge on any atom is -0.373 e. The van der Waals surface area contributed by atoms with Crippen molar-refractivity contribution in [3.8, 4) is 5.82 Å². The molecule has 2 heterocycles. The molecule has 4 aromatic rings. The summed E-state index contributed by atoms with van der Waals surface area (Å²) in [6.45, 7) is 9.31. The van der Waals surface area contributed by atoms with E-state index in [4.69, 9.17) is 0 Å². The number of carbonyl (C=O) groups is 1. The van der Waals surface area contributed by atoms with Crippen LogP contribution in [0.4, 0.5) is 36.2 Å². The van der Waals surface area contributed by atoms with Crippen LogP contribution in [-0.4, -0.2) is 50.7 Å². The van der Waals surface area contributed by atoms with E-state index in [2.05, 4.69) is 31.0 Å². The van der Waals surface area contributed by atoms with Gasteiger partial charge in [-0.25, -0.2) is 9.97 Å². The summed E-state index contributed by atoms with van der Waals surface area (Å²) in [5, 5.41) is 13.6. The first-order chi connectivity index (χ1) is 19.5. The van der Waals surface area contributed by atoms with Gasteiger partial charge >= 0.3 is 6.18 Å². The number of hydrogen-bond donors (Lipinski definition) is 3. The van der Waals surface area contributed by atoms with E-state index in [1.807, 2.05) is 44.7 Å². The lowest BCUT2D eigenvalue weighted by molar-refractivity contribution is -0.137. The summed E-state index contributed by atoms with van der Waals surface area (Å²) in [5.41, 5.74) is 2.25. The van der Waals surface area contributed by atoms with Crippen molar-refractivity contribution in [2.45, 2.75) is 40.4 Å². The van der Waals surface area contributed by atoms with E-state index in [-0.39, 0.29) is 5.56 Å². The van der Waals surface area contributed by atoms with Crippen molar-refractivity contribution in [2.24, 2.45) is 0 Å². The van der Waals surface area contributed by atoms with Gasteiger partial charge in [0.1, 0.15) is 18.0 Å². The van der Waals surface area contributed by atoms with E-state index in [0.29, 0.717) is 54.0 Å². The SMILES string of the molecule is CCN(CC)Cc1cc(C(=O)Nc2ccc(C)c(Nc3cc(C)nn3-c3cc(NC)ncn3)c2)cc(C(F)(F)F)c1. The van der Waals surface area contributed by atoms with Gasteiger partial charge in [-0.1, -0.05) is 19.9 Å². The standard InChI is InChI=1S/C29H33F3N8O/c1-6-39(7-2)16-20-11-21(13-22(12-20)29(30,31)32)28(41)36-23-9-8-18(3)24(14-23)37-27-10-19(4)38-40(27)26-15-25(33-5)34-17-35-26/h8-15,17,37H,6-7,16H2,1-5H3,(H,36,41)(H,33,34,35). The van der Waals surface area contributed by atoms with Crippen LogP contribution >= 0.6 is 0 Å². The summed E-state index contributed by atoms with van der Waals surface area (Å²) < 4.78 is 42.7. The van der Waals surface area contributed by atoms with Gasteiger partial charge in [-0.3, -0.25) is 9.69 Å². The Kier molecular flexibility index (Phi) is 8.92. The first kappa shape index (κ1) is 29.5. The maximum absolute atomic E-state index is 13.7. The number of alkyl halides is 3. The van der Waals surface area contributed by atoms with E-state index in [1.54, 1.807) is 29.9 Å². The molecule has 0 aliphatic heterocycles. The first-order valence-electron chi connectivity index (χ1n) is 13.2. The lowest BCUT2D eigenvalue weighted by Crippen LogP contribution is -2.23. The molecule has 0 fully saturated rings. The highest BCUT2D eigenvalue weighted by atomic mass is 19.4. The van der Waals surface area contributed by atoms with Gasteiger partial charge in [0, 0.05) is 42.7 Å². The molecule has 3 N–H and O–H groups in total. The van der Waals surface area contributed by atoms with Gasteiger partial charge in [-0.05, 0) is 68.4 Å². The highest BCUT2D eigenvalue weighted by Crippen LogP contribution is 2.32. The summed E-state index contributed by atoms with van der Waals surface area (Å²) in [4.78, 5) is 23.6. The molecular weight excluding hydrogens is 533 g/mol. The number of carbonyl (C=O) groups excluding carboxylic acids is 1. The Morgan fingerprint density at radius 3 is 2.44 bits per heavy atom. The smallest absolute Gasteiger partial charge is 0.373 e. The van der Waals surface area contributed by atoms with Gasteiger partial charge in [-0.2, -0.15) is 23.0 Å². The number of amides is 1. The molecule has 0 bridgehead atoms. The Morgan fingerprint density at radius 1 is 1.00 bits per heavy atom. The average molecular weight is 567 g/mol. The molecule has 0 spiro atoms. The molecular formula is C29H33F3N8O. The molecule has 0 aliphatic carbocycles. The summed E-state index contributed by atoms with van der Waals surface area (Å²) in [7, 11) is 1.76. The molecule has 0 atom stereocenters. The molecule has 1 amide bonds. The third-order valence-electron chi connectivity index (χ3n) is 6.60. The van der Waals surface area contributed by atoms with E-state index < -0.39 is 17.6 Å². The minimum atomic E-state index is -4.58. The third-order valence-corrected chi connectivity index (χ3v) is 6.60. The first-order valence-corrected chi connectivity index (χ1v) is 13.2. The van der Waals surface area contributed by atoms with Crippen LogP contribution in [0.5, 0.6) is 0 Å². The van der Waals surface area contributed by atoms with Gasteiger partial charge in [0.05, 0.1) is 11.3 Å². The zero-order valence-corrected chi connectivity index (χ0v) is 23.6. The second kappa shape index (κ2) is 12.4. The lowest BCUT2D eigenvalue weighted by Gasteiger charge is -2.20. The average Bonchev–Trinajstić information content (AvgIpc) is 3.32. The topological polar surface area (TPSA) is 100 Å². The number of nitrogens with zero attached hydrogens (tertiary/aromatic N) is 5. The Bertz CT molecular complexity index is 1530. The number of halogens is 3. The molecule has 2 aromatic heterocycles. The Labute approximate surface area is 236 Å². The second-order valence-corrected chi connectivity index (χ2v) is 9.58. The maximum atomic E-state index is 13.7. The zero-order chi connectivity index (χ0) is 29.7. The van der Waals surface area contributed by atoms with Crippen LogP contribution in [0.3, 0.4) is 0 Å². The number of benzene rings is 2.